The number of nitrogens with zero attached hydrogens (tertiary/aromatic N) is 5. The molecule has 1 saturated heterocycles. The van der Waals surface area contributed by atoms with Crippen LogP contribution in [-0.2, 0) is 22.6 Å². The Balaban J connectivity index is 1.28. The summed E-state index contributed by atoms with van der Waals surface area (Å²) < 4.78 is 21.2. The molecule has 7 nitrogen and oxygen atoms in total. The van der Waals surface area contributed by atoms with Gasteiger partial charge in [-0.25, -0.2) is 9.07 Å². The number of amides is 1. The predicted octanol–water partition coefficient (Wildman–Crippen LogP) is 3.05. The molecule has 5 rings (SSSR count). The van der Waals surface area contributed by atoms with Crippen molar-refractivity contribution >= 4 is 5.91 Å². The Hall–Kier alpha value is -3.10. The van der Waals surface area contributed by atoms with Gasteiger partial charge in [0.05, 0.1) is 24.5 Å². The highest BCUT2D eigenvalue weighted by molar-refractivity contribution is 5.78. The van der Waals surface area contributed by atoms with Crippen LogP contribution in [0.2, 0.25) is 0 Å². The number of benzene rings is 1. The minimum absolute atomic E-state index is 0.0409. The van der Waals surface area contributed by atoms with Crippen LogP contribution >= 0.6 is 0 Å². The van der Waals surface area contributed by atoms with Crippen LogP contribution < -0.4 is 0 Å². The first-order valence-electron chi connectivity index (χ1n) is 11.4. The van der Waals surface area contributed by atoms with Crippen LogP contribution in [0.15, 0.2) is 61.2 Å². The monoisotopic (exact) mass is 449 g/mol. The minimum atomic E-state index is -0.276. The highest BCUT2D eigenvalue weighted by Crippen LogP contribution is 2.29. The molecule has 2 aliphatic rings. The third kappa shape index (κ3) is 5.83. The molecule has 172 valence electrons. The van der Waals surface area contributed by atoms with Crippen molar-refractivity contribution in [2.75, 3.05) is 26.2 Å². The van der Waals surface area contributed by atoms with Crippen molar-refractivity contribution in [1.82, 2.24) is 24.6 Å². The number of halogens is 1. The SMILES string of the molecule is O=C1CN(Cc2cnn(-c3ccc(F)cc3)c2)CC(OCC2CC2)CN1Cc1cccnc1. The van der Waals surface area contributed by atoms with Gasteiger partial charge in [-0.15, -0.1) is 0 Å². The second-order valence-electron chi connectivity index (χ2n) is 8.97. The van der Waals surface area contributed by atoms with E-state index in [0.29, 0.717) is 38.6 Å². The molecule has 1 amide bonds. The summed E-state index contributed by atoms with van der Waals surface area (Å²) in [5.74, 6) is 0.475. The second kappa shape index (κ2) is 9.80. The zero-order valence-electron chi connectivity index (χ0n) is 18.5. The van der Waals surface area contributed by atoms with Crippen LogP contribution in [-0.4, -0.2) is 62.8 Å². The molecule has 1 aromatic carbocycles. The maximum absolute atomic E-state index is 13.2. The van der Waals surface area contributed by atoms with Crippen LogP contribution in [0, 0.1) is 11.7 Å². The molecule has 1 aliphatic carbocycles. The quantitative estimate of drug-likeness (QED) is 0.529. The van der Waals surface area contributed by atoms with Gasteiger partial charge in [-0.1, -0.05) is 6.07 Å². The van der Waals surface area contributed by atoms with Crippen molar-refractivity contribution in [3.8, 4) is 5.69 Å². The molecule has 2 fully saturated rings. The molecule has 0 bridgehead atoms. The number of pyridine rings is 1. The van der Waals surface area contributed by atoms with Crippen LogP contribution in [0.1, 0.15) is 24.0 Å². The Kier molecular flexibility index (Phi) is 6.46. The van der Waals surface area contributed by atoms with Gasteiger partial charge in [0.1, 0.15) is 5.82 Å². The smallest absolute Gasteiger partial charge is 0.237 e. The van der Waals surface area contributed by atoms with Crippen molar-refractivity contribution in [3.05, 3.63) is 78.1 Å². The number of carbonyl (C=O) groups is 1. The maximum Gasteiger partial charge on any atom is 0.237 e. The van der Waals surface area contributed by atoms with E-state index >= 15 is 0 Å². The molecule has 1 aliphatic heterocycles. The molecule has 33 heavy (non-hydrogen) atoms. The maximum atomic E-state index is 13.2. The van der Waals surface area contributed by atoms with E-state index in [9.17, 15) is 9.18 Å². The molecule has 8 heteroatoms. The van der Waals surface area contributed by atoms with Crippen molar-refractivity contribution < 1.29 is 13.9 Å². The molecule has 0 spiro atoms. The normalized spacial score (nSPS) is 19.6. The summed E-state index contributed by atoms with van der Waals surface area (Å²) in [6, 6.07) is 10.1. The molecule has 3 aromatic rings. The zero-order chi connectivity index (χ0) is 22.6. The van der Waals surface area contributed by atoms with E-state index in [1.165, 1.54) is 25.0 Å². The van der Waals surface area contributed by atoms with Crippen molar-refractivity contribution in [2.45, 2.75) is 32.0 Å². The molecular weight excluding hydrogens is 421 g/mol. The fourth-order valence-electron chi connectivity index (χ4n) is 4.13. The van der Waals surface area contributed by atoms with E-state index in [-0.39, 0.29) is 17.8 Å². The average Bonchev–Trinajstić information content (AvgIpc) is 3.56. The van der Waals surface area contributed by atoms with E-state index in [1.807, 2.05) is 23.2 Å². The first kappa shape index (κ1) is 21.7. The van der Waals surface area contributed by atoms with Gasteiger partial charge in [0, 0.05) is 56.9 Å². The topological polar surface area (TPSA) is 63.5 Å². The largest absolute Gasteiger partial charge is 0.375 e. The summed E-state index contributed by atoms with van der Waals surface area (Å²) in [5, 5.41) is 4.42. The molecular formula is C25H28FN5O2. The predicted molar refractivity (Wildman–Crippen MR) is 121 cm³/mol. The fourth-order valence-corrected chi connectivity index (χ4v) is 4.13. The molecule has 1 atom stereocenters. The lowest BCUT2D eigenvalue weighted by Gasteiger charge is -2.25. The number of rotatable bonds is 8. The Labute approximate surface area is 192 Å². The highest BCUT2D eigenvalue weighted by Gasteiger charge is 2.30. The van der Waals surface area contributed by atoms with Crippen molar-refractivity contribution in [2.24, 2.45) is 5.92 Å². The lowest BCUT2D eigenvalue weighted by molar-refractivity contribution is -0.132. The average molecular weight is 450 g/mol. The summed E-state index contributed by atoms with van der Waals surface area (Å²) >= 11 is 0. The molecule has 0 radical (unpaired) electrons. The number of hydrogen-bond acceptors (Lipinski definition) is 5. The third-order valence-electron chi connectivity index (χ3n) is 6.09. The fraction of sp³-hybridized carbons (Fsp3) is 0.400. The summed E-state index contributed by atoms with van der Waals surface area (Å²) in [5.41, 5.74) is 2.80. The summed E-state index contributed by atoms with van der Waals surface area (Å²) in [6.45, 7) is 3.47. The zero-order valence-corrected chi connectivity index (χ0v) is 18.5. The van der Waals surface area contributed by atoms with Gasteiger partial charge < -0.3 is 9.64 Å². The standard InChI is InChI=1S/C25H28FN5O2/c26-22-5-7-23(8-6-22)31-14-21(11-28-31)12-29-15-24(33-18-19-3-4-19)16-30(25(32)17-29)13-20-2-1-9-27-10-20/h1-2,5-11,14,19,24H,3-4,12-13,15-18H2. The minimum Gasteiger partial charge on any atom is -0.375 e. The Morgan fingerprint density at radius 3 is 2.64 bits per heavy atom. The van der Waals surface area contributed by atoms with E-state index < -0.39 is 0 Å². The summed E-state index contributed by atoms with van der Waals surface area (Å²) in [4.78, 5) is 21.3. The van der Waals surface area contributed by atoms with Gasteiger partial charge >= 0.3 is 0 Å². The number of ether oxygens (including phenoxy) is 1. The molecule has 1 unspecified atom stereocenters. The van der Waals surface area contributed by atoms with E-state index in [1.54, 1.807) is 35.4 Å². The second-order valence-corrected chi connectivity index (χ2v) is 8.97. The Morgan fingerprint density at radius 2 is 1.88 bits per heavy atom. The van der Waals surface area contributed by atoms with E-state index in [2.05, 4.69) is 15.0 Å². The molecule has 2 aromatic heterocycles. The summed E-state index contributed by atoms with van der Waals surface area (Å²) in [6.07, 6.45) is 9.70. The lowest BCUT2D eigenvalue weighted by atomic mass is 10.2. The van der Waals surface area contributed by atoms with Crippen LogP contribution in [0.3, 0.4) is 0 Å². The van der Waals surface area contributed by atoms with Crippen LogP contribution in [0.25, 0.3) is 5.69 Å². The Morgan fingerprint density at radius 1 is 1.03 bits per heavy atom. The van der Waals surface area contributed by atoms with E-state index in [0.717, 1.165) is 23.4 Å². The van der Waals surface area contributed by atoms with Crippen molar-refractivity contribution in [3.63, 3.8) is 0 Å². The van der Waals surface area contributed by atoms with Crippen molar-refractivity contribution in [1.29, 1.82) is 0 Å². The first-order valence-corrected chi connectivity index (χ1v) is 11.4. The van der Waals surface area contributed by atoms with E-state index in [4.69, 9.17) is 4.74 Å². The van der Waals surface area contributed by atoms with Gasteiger partial charge in [0.15, 0.2) is 0 Å². The Bertz CT molecular complexity index is 1070. The lowest BCUT2D eigenvalue weighted by Crippen LogP contribution is -2.37. The van der Waals surface area contributed by atoms with Gasteiger partial charge in [-0.05, 0) is 54.7 Å². The number of hydrogen-bond donors (Lipinski definition) is 0. The van der Waals surface area contributed by atoms with Gasteiger partial charge in [-0.3, -0.25) is 14.7 Å². The number of carbonyl (C=O) groups excluding carboxylic acids is 1. The highest BCUT2D eigenvalue weighted by atomic mass is 19.1. The molecule has 0 N–H and O–H groups in total. The summed E-state index contributed by atoms with van der Waals surface area (Å²) in [7, 11) is 0. The van der Waals surface area contributed by atoms with Gasteiger partial charge in [-0.2, -0.15) is 5.10 Å². The molecule has 1 saturated carbocycles. The van der Waals surface area contributed by atoms with Gasteiger partial charge in [0.2, 0.25) is 5.91 Å². The molecule has 3 heterocycles. The van der Waals surface area contributed by atoms with Gasteiger partial charge in [0.25, 0.3) is 0 Å². The first-order chi connectivity index (χ1) is 16.1. The third-order valence-corrected chi connectivity index (χ3v) is 6.09. The van der Waals surface area contributed by atoms with Crippen LogP contribution in [0.4, 0.5) is 4.39 Å². The van der Waals surface area contributed by atoms with Crippen LogP contribution in [0.5, 0.6) is 0 Å². The number of aromatic nitrogens is 3.